The lowest BCUT2D eigenvalue weighted by atomic mass is 10.1. The molecule has 0 amide bonds. The van der Waals surface area contributed by atoms with Crippen LogP contribution in [0.2, 0.25) is 0 Å². The van der Waals surface area contributed by atoms with E-state index < -0.39 is 0 Å². The minimum atomic E-state index is 0.330. The SMILES string of the molecule is CCOCCN(CC)C(CN)c1ccsc1. The van der Waals surface area contributed by atoms with E-state index >= 15 is 0 Å². The maximum Gasteiger partial charge on any atom is 0.0593 e. The molecule has 2 N–H and O–H groups in total. The maximum atomic E-state index is 5.87. The minimum Gasteiger partial charge on any atom is -0.380 e. The molecule has 1 heterocycles. The predicted octanol–water partition coefficient (Wildman–Crippen LogP) is 2.11. The Labute approximate surface area is 102 Å². The lowest BCUT2D eigenvalue weighted by Gasteiger charge is -2.29. The molecule has 1 aromatic heterocycles. The van der Waals surface area contributed by atoms with Gasteiger partial charge >= 0.3 is 0 Å². The van der Waals surface area contributed by atoms with Crippen molar-refractivity contribution in [2.24, 2.45) is 5.73 Å². The second-order valence-corrected chi connectivity index (χ2v) is 4.41. The van der Waals surface area contributed by atoms with Crippen molar-refractivity contribution < 1.29 is 4.74 Å². The molecule has 0 bridgehead atoms. The highest BCUT2D eigenvalue weighted by atomic mass is 32.1. The van der Waals surface area contributed by atoms with E-state index in [0.717, 1.165) is 26.3 Å². The first kappa shape index (κ1) is 13.6. The maximum absolute atomic E-state index is 5.87. The summed E-state index contributed by atoms with van der Waals surface area (Å²) in [5.41, 5.74) is 7.19. The molecule has 1 unspecified atom stereocenters. The highest BCUT2D eigenvalue weighted by Gasteiger charge is 2.17. The monoisotopic (exact) mass is 242 g/mol. The Morgan fingerprint density at radius 3 is 2.81 bits per heavy atom. The van der Waals surface area contributed by atoms with Crippen molar-refractivity contribution in [1.82, 2.24) is 4.90 Å². The number of likely N-dealkylation sites (N-methyl/N-ethyl adjacent to an activating group) is 1. The van der Waals surface area contributed by atoms with Gasteiger partial charge in [0.1, 0.15) is 0 Å². The summed E-state index contributed by atoms with van der Waals surface area (Å²) in [6, 6.07) is 2.49. The topological polar surface area (TPSA) is 38.5 Å². The summed E-state index contributed by atoms with van der Waals surface area (Å²) in [4.78, 5) is 2.37. The number of ether oxygens (including phenoxy) is 1. The van der Waals surface area contributed by atoms with Crippen LogP contribution < -0.4 is 5.73 Å². The number of nitrogens with two attached hydrogens (primary N) is 1. The summed E-state index contributed by atoms with van der Waals surface area (Å²) in [7, 11) is 0. The largest absolute Gasteiger partial charge is 0.380 e. The van der Waals surface area contributed by atoms with E-state index in [0.29, 0.717) is 12.6 Å². The quantitative estimate of drug-likeness (QED) is 0.710. The summed E-state index contributed by atoms with van der Waals surface area (Å²) in [6.45, 7) is 8.37. The molecular formula is C12H22N2OS. The molecule has 1 rings (SSSR count). The fourth-order valence-electron chi connectivity index (χ4n) is 1.82. The van der Waals surface area contributed by atoms with Crippen molar-refractivity contribution >= 4 is 11.3 Å². The molecule has 0 saturated carbocycles. The summed E-state index contributed by atoms with van der Waals surface area (Å²) in [5, 5.41) is 4.29. The Hall–Kier alpha value is -0.420. The lowest BCUT2D eigenvalue weighted by Crippen LogP contribution is -2.35. The van der Waals surface area contributed by atoms with Crippen LogP contribution in [0.5, 0.6) is 0 Å². The van der Waals surface area contributed by atoms with Crippen LogP contribution in [0.4, 0.5) is 0 Å². The van der Waals surface area contributed by atoms with Crippen molar-refractivity contribution in [2.75, 3.05) is 32.8 Å². The van der Waals surface area contributed by atoms with Crippen molar-refractivity contribution in [1.29, 1.82) is 0 Å². The van der Waals surface area contributed by atoms with Crippen LogP contribution in [0.25, 0.3) is 0 Å². The average Bonchev–Trinajstić information content (AvgIpc) is 2.82. The molecule has 4 heteroatoms. The van der Waals surface area contributed by atoms with E-state index in [1.807, 2.05) is 6.92 Å². The van der Waals surface area contributed by atoms with Gasteiger partial charge in [-0.15, -0.1) is 0 Å². The fraction of sp³-hybridized carbons (Fsp3) is 0.667. The van der Waals surface area contributed by atoms with Gasteiger partial charge in [0.05, 0.1) is 6.61 Å². The van der Waals surface area contributed by atoms with Gasteiger partial charge in [0, 0.05) is 25.7 Å². The third-order valence-electron chi connectivity index (χ3n) is 2.73. The molecule has 0 aliphatic rings. The first-order valence-corrected chi connectivity index (χ1v) is 6.81. The third kappa shape index (κ3) is 3.87. The number of rotatable bonds is 8. The molecule has 1 aromatic rings. The summed E-state index contributed by atoms with van der Waals surface area (Å²) >= 11 is 1.73. The Bertz CT molecular complexity index is 264. The van der Waals surface area contributed by atoms with Gasteiger partial charge < -0.3 is 10.5 Å². The van der Waals surface area contributed by atoms with Crippen molar-refractivity contribution in [3.63, 3.8) is 0 Å². The van der Waals surface area contributed by atoms with E-state index in [1.165, 1.54) is 5.56 Å². The molecular weight excluding hydrogens is 220 g/mol. The van der Waals surface area contributed by atoms with Crippen LogP contribution in [0.15, 0.2) is 16.8 Å². The van der Waals surface area contributed by atoms with Crippen molar-refractivity contribution in [2.45, 2.75) is 19.9 Å². The summed E-state index contributed by atoms with van der Waals surface area (Å²) in [6.07, 6.45) is 0. The van der Waals surface area contributed by atoms with Crippen LogP contribution >= 0.6 is 11.3 Å². The van der Waals surface area contributed by atoms with Crippen molar-refractivity contribution in [3.05, 3.63) is 22.4 Å². The number of hydrogen-bond donors (Lipinski definition) is 1. The van der Waals surface area contributed by atoms with Crippen LogP contribution in [-0.2, 0) is 4.74 Å². The number of nitrogens with zero attached hydrogens (tertiary/aromatic N) is 1. The molecule has 0 fully saturated rings. The molecule has 0 saturated heterocycles. The Morgan fingerprint density at radius 1 is 1.50 bits per heavy atom. The van der Waals surface area contributed by atoms with E-state index in [1.54, 1.807) is 11.3 Å². The van der Waals surface area contributed by atoms with Gasteiger partial charge in [-0.3, -0.25) is 4.90 Å². The molecule has 0 aliphatic heterocycles. The van der Waals surface area contributed by atoms with Crippen LogP contribution in [0.3, 0.4) is 0 Å². The van der Waals surface area contributed by atoms with Gasteiger partial charge in [0.15, 0.2) is 0 Å². The van der Waals surface area contributed by atoms with E-state index in [-0.39, 0.29) is 0 Å². The third-order valence-corrected chi connectivity index (χ3v) is 3.43. The van der Waals surface area contributed by atoms with Crippen molar-refractivity contribution in [3.8, 4) is 0 Å². The highest BCUT2D eigenvalue weighted by molar-refractivity contribution is 7.07. The van der Waals surface area contributed by atoms with E-state index in [4.69, 9.17) is 10.5 Å². The van der Waals surface area contributed by atoms with Gasteiger partial charge in [-0.25, -0.2) is 0 Å². The average molecular weight is 242 g/mol. The standard InChI is InChI=1S/C12H22N2OS/c1-3-14(6-7-15-4-2)12(9-13)11-5-8-16-10-11/h5,8,10,12H,3-4,6-7,9,13H2,1-2H3. The number of hydrogen-bond acceptors (Lipinski definition) is 4. The zero-order valence-corrected chi connectivity index (χ0v) is 11.0. The van der Waals surface area contributed by atoms with Gasteiger partial charge in [0.2, 0.25) is 0 Å². The van der Waals surface area contributed by atoms with Crippen LogP contribution in [0, 0.1) is 0 Å². The molecule has 0 radical (unpaired) electrons. The second kappa shape index (κ2) is 7.79. The summed E-state index contributed by atoms with van der Waals surface area (Å²) in [5.74, 6) is 0. The molecule has 92 valence electrons. The first-order chi connectivity index (χ1) is 7.83. The van der Waals surface area contributed by atoms with Gasteiger partial charge in [-0.05, 0) is 35.9 Å². The summed E-state index contributed by atoms with van der Waals surface area (Å²) < 4.78 is 5.40. The zero-order chi connectivity index (χ0) is 11.8. The molecule has 3 nitrogen and oxygen atoms in total. The smallest absolute Gasteiger partial charge is 0.0593 e. The number of thiophene rings is 1. The second-order valence-electron chi connectivity index (χ2n) is 3.63. The molecule has 0 spiro atoms. The normalized spacial score (nSPS) is 13.2. The van der Waals surface area contributed by atoms with Gasteiger partial charge in [-0.2, -0.15) is 11.3 Å². The zero-order valence-electron chi connectivity index (χ0n) is 10.2. The van der Waals surface area contributed by atoms with E-state index in [2.05, 4.69) is 28.7 Å². The highest BCUT2D eigenvalue weighted by Crippen LogP contribution is 2.21. The molecule has 0 aliphatic carbocycles. The first-order valence-electron chi connectivity index (χ1n) is 5.87. The molecule has 1 atom stereocenters. The predicted molar refractivity (Wildman–Crippen MR) is 69.9 cm³/mol. The fourth-order valence-corrected chi connectivity index (χ4v) is 2.53. The Morgan fingerprint density at radius 2 is 2.31 bits per heavy atom. The van der Waals surface area contributed by atoms with Crippen LogP contribution in [0.1, 0.15) is 25.5 Å². The van der Waals surface area contributed by atoms with Gasteiger partial charge in [0.25, 0.3) is 0 Å². The van der Waals surface area contributed by atoms with Gasteiger partial charge in [-0.1, -0.05) is 6.92 Å². The van der Waals surface area contributed by atoms with E-state index in [9.17, 15) is 0 Å². The molecule has 0 aromatic carbocycles. The Kier molecular flexibility index (Phi) is 6.64. The minimum absolute atomic E-state index is 0.330. The lowest BCUT2D eigenvalue weighted by molar-refractivity contribution is 0.0981. The van der Waals surface area contributed by atoms with Crippen LogP contribution in [-0.4, -0.2) is 37.7 Å². The molecule has 16 heavy (non-hydrogen) atoms. The Balaban J connectivity index is 2.54.